The molecule has 1 fully saturated rings. The van der Waals surface area contributed by atoms with Gasteiger partial charge in [0.25, 0.3) is 0 Å². The van der Waals surface area contributed by atoms with Gasteiger partial charge in [-0.3, -0.25) is 4.90 Å². The van der Waals surface area contributed by atoms with Crippen LogP contribution in [0.4, 0.5) is 13.2 Å². The number of hydrogen-bond donors (Lipinski definition) is 1. The molecule has 0 unspecified atom stereocenters. The molecule has 1 saturated heterocycles. The number of aliphatic hydroxyl groups is 1. The predicted octanol–water partition coefficient (Wildman–Crippen LogP) is 2.62. The summed E-state index contributed by atoms with van der Waals surface area (Å²) in [5.41, 5.74) is -1.60. The number of piperidine rings is 1. The first-order valence-electron chi connectivity index (χ1n) is 6.41. The maximum Gasteiger partial charge on any atom is 0.416 e. The average Bonchev–Trinajstić information content (AvgIpc) is 2.41. The topological polar surface area (TPSA) is 23.5 Å². The van der Waals surface area contributed by atoms with E-state index in [1.807, 2.05) is 4.90 Å². The van der Waals surface area contributed by atoms with Crippen LogP contribution in [0.3, 0.4) is 0 Å². The van der Waals surface area contributed by atoms with Crippen LogP contribution in [0.1, 0.15) is 24.0 Å². The number of nitrogens with zero attached hydrogens (tertiary/aromatic N) is 1. The normalized spacial score (nSPS) is 19.6. The van der Waals surface area contributed by atoms with Gasteiger partial charge in [-0.05, 0) is 30.5 Å². The minimum atomic E-state index is -4.39. The SMILES string of the molecule is C#CCN1CCC(O)(c2cccc(C(F)(F)F)c2)CC1. The van der Waals surface area contributed by atoms with Crippen LogP contribution in [0.5, 0.6) is 0 Å². The molecule has 0 atom stereocenters. The molecule has 1 aliphatic heterocycles. The second-order valence-electron chi connectivity index (χ2n) is 5.09. The fraction of sp³-hybridized carbons (Fsp3) is 0.467. The molecule has 1 heterocycles. The zero-order chi connectivity index (χ0) is 14.8. The molecule has 0 saturated carbocycles. The van der Waals surface area contributed by atoms with E-state index in [0.717, 1.165) is 12.1 Å². The van der Waals surface area contributed by atoms with E-state index in [-0.39, 0.29) is 0 Å². The van der Waals surface area contributed by atoms with Crippen LogP contribution in [0.25, 0.3) is 0 Å². The maximum absolute atomic E-state index is 12.7. The first-order valence-corrected chi connectivity index (χ1v) is 6.41. The molecular formula is C15H16F3NO. The van der Waals surface area contributed by atoms with Gasteiger partial charge in [0.15, 0.2) is 0 Å². The summed E-state index contributed by atoms with van der Waals surface area (Å²) in [5.74, 6) is 2.53. The fourth-order valence-corrected chi connectivity index (χ4v) is 2.48. The number of alkyl halides is 3. The summed E-state index contributed by atoms with van der Waals surface area (Å²) >= 11 is 0. The van der Waals surface area contributed by atoms with Gasteiger partial charge in [-0.15, -0.1) is 6.42 Å². The second kappa shape index (κ2) is 5.47. The third kappa shape index (κ3) is 3.14. The van der Waals surface area contributed by atoms with Gasteiger partial charge in [-0.1, -0.05) is 18.1 Å². The molecule has 0 aliphatic carbocycles. The molecule has 1 aromatic rings. The summed E-state index contributed by atoms with van der Waals surface area (Å²) in [6.07, 6.45) is 1.60. The van der Waals surface area contributed by atoms with Crippen molar-refractivity contribution in [2.45, 2.75) is 24.6 Å². The van der Waals surface area contributed by atoms with E-state index in [1.54, 1.807) is 6.07 Å². The Bertz CT molecular complexity index is 511. The summed E-state index contributed by atoms with van der Waals surface area (Å²) in [6.45, 7) is 1.66. The number of likely N-dealkylation sites (tertiary alicyclic amines) is 1. The predicted molar refractivity (Wildman–Crippen MR) is 69.8 cm³/mol. The van der Waals surface area contributed by atoms with Crippen LogP contribution in [-0.2, 0) is 11.8 Å². The lowest BCUT2D eigenvalue weighted by Crippen LogP contribution is -2.42. The number of halogens is 3. The third-order valence-electron chi connectivity index (χ3n) is 3.73. The van der Waals surface area contributed by atoms with E-state index in [2.05, 4.69) is 5.92 Å². The molecule has 2 rings (SSSR count). The molecule has 0 bridgehead atoms. The number of benzene rings is 1. The molecular weight excluding hydrogens is 267 g/mol. The summed E-state index contributed by atoms with van der Waals surface area (Å²) in [4.78, 5) is 2.00. The van der Waals surface area contributed by atoms with Crippen molar-refractivity contribution in [1.82, 2.24) is 4.90 Å². The molecule has 108 valence electrons. The monoisotopic (exact) mass is 283 g/mol. The Morgan fingerprint density at radius 3 is 2.50 bits per heavy atom. The zero-order valence-corrected chi connectivity index (χ0v) is 11.0. The molecule has 1 aliphatic rings. The lowest BCUT2D eigenvalue weighted by molar-refractivity contribution is -0.137. The second-order valence-corrected chi connectivity index (χ2v) is 5.09. The van der Waals surface area contributed by atoms with E-state index in [0.29, 0.717) is 38.0 Å². The Morgan fingerprint density at radius 2 is 1.95 bits per heavy atom. The zero-order valence-electron chi connectivity index (χ0n) is 11.0. The van der Waals surface area contributed by atoms with Crippen molar-refractivity contribution in [3.63, 3.8) is 0 Å². The molecule has 5 heteroatoms. The Hall–Kier alpha value is -1.51. The highest BCUT2D eigenvalue weighted by molar-refractivity contribution is 5.30. The van der Waals surface area contributed by atoms with Crippen molar-refractivity contribution in [3.05, 3.63) is 35.4 Å². The summed E-state index contributed by atoms with van der Waals surface area (Å²) in [7, 11) is 0. The molecule has 1 N–H and O–H groups in total. The maximum atomic E-state index is 12.7. The van der Waals surface area contributed by atoms with E-state index < -0.39 is 17.3 Å². The first-order chi connectivity index (χ1) is 9.35. The number of rotatable bonds is 2. The van der Waals surface area contributed by atoms with Gasteiger partial charge in [-0.25, -0.2) is 0 Å². The quantitative estimate of drug-likeness (QED) is 0.843. The number of terminal acetylenes is 1. The van der Waals surface area contributed by atoms with Gasteiger partial charge in [0.2, 0.25) is 0 Å². The highest BCUT2D eigenvalue weighted by Gasteiger charge is 2.36. The summed E-state index contributed by atoms with van der Waals surface area (Å²) in [5, 5.41) is 10.6. The van der Waals surface area contributed by atoms with Crippen molar-refractivity contribution in [2.75, 3.05) is 19.6 Å². The fourth-order valence-electron chi connectivity index (χ4n) is 2.48. The van der Waals surface area contributed by atoms with Crippen LogP contribution in [-0.4, -0.2) is 29.6 Å². The number of hydrogen-bond acceptors (Lipinski definition) is 2. The Morgan fingerprint density at radius 1 is 1.30 bits per heavy atom. The van der Waals surface area contributed by atoms with Gasteiger partial charge in [0.1, 0.15) is 0 Å². The van der Waals surface area contributed by atoms with Gasteiger partial charge >= 0.3 is 6.18 Å². The van der Waals surface area contributed by atoms with Crippen molar-refractivity contribution >= 4 is 0 Å². The smallest absolute Gasteiger partial charge is 0.385 e. The highest BCUT2D eigenvalue weighted by Crippen LogP contribution is 2.36. The van der Waals surface area contributed by atoms with Crippen molar-refractivity contribution < 1.29 is 18.3 Å². The third-order valence-corrected chi connectivity index (χ3v) is 3.73. The molecule has 0 aromatic heterocycles. The highest BCUT2D eigenvalue weighted by atomic mass is 19.4. The van der Waals surface area contributed by atoms with Gasteiger partial charge in [0, 0.05) is 13.1 Å². The molecule has 20 heavy (non-hydrogen) atoms. The van der Waals surface area contributed by atoms with E-state index in [9.17, 15) is 18.3 Å². The molecule has 2 nitrogen and oxygen atoms in total. The molecule has 0 radical (unpaired) electrons. The van der Waals surface area contributed by atoms with Crippen LogP contribution in [0.2, 0.25) is 0 Å². The first kappa shape index (κ1) is 14.9. The van der Waals surface area contributed by atoms with Crippen LogP contribution >= 0.6 is 0 Å². The van der Waals surface area contributed by atoms with Crippen LogP contribution in [0, 0.1) is 12.3 Å². The van der Waals surface area contributed by atoms with Crippen LogP contribution in [0.15, 0.2) is 24.3 Å². The summed E-state index contributed by atoms with van der Waals surface area (Å²) in [6, 6.07) is 4.94. The molecule has 0 spiro atoms. The van der Waals surface area contributed by atoms with E-state index in [1.165, 1.54) is 6.07 Å². The minimum absolute atomic E-state index is 0.327. The molecule has 0 amide bonds. The van der Waals surface area contributed by atoms with E-state index >= 15 is 0 Å². The van der Waals surface area contributed by atoms with Gasteiger partial charge < -0.3 is 5.11 Å². The Balaban J connectivity index is 2.18. The van der Waals surface area contributed by atoms with Crippen molar-refractivity contribution in [3.8, 4) is 12.3 Å². The van der Waals surface area contributed by atoms with Crippen molar-refractivity contribution in [1.29, 1.82) is 0 Å². The van der Waals surface area contributed by atoms with E-state index in [4.69, 9.17) is 6.42 Å². The lowest BCUT2D eigenvalue weighted by Gasteiger charge is -2.38. The lowest BCUT2D eigenvalue weighted by atomic mass is 9.84. The van der Waals surface area contributed by atoms with Crippen molar-refractivity contribution in [2.24, 2.45) is 0 Å². The minimum Gasteiger partial charge on any atom is -0.385 e. The largest absolute Gasteiger partial charge is 0.416 e. The Labute approximate surface area is 116 Å². The van der Waals surface area contributed by atoms with Crippen LogP contribution < -0.4 is 0 Å². The standard InChI is InChI=1S/C15H16F3NO/c1-2-8-19-9-6-14(20,7-10-19)12-4-3-5-13(11-12)15(16,17)18/h1,3-5,11,20H,6-10H2. The Kier molecular flexibility index (Phi) is 4.07. The van der Waals surface area contributed by atoms with Gasteiger partial charge in [-0.2, -0.15) is 13.2 Å². The molecule has 1 aromatic carbocycles. The average molecular weight is 283 g/mol. The van der Waals surface area contributed by atoms with Gasteiger partial charge in [0.05, 0.1) is 17.7 Å². The summed E-state index contributed by atoms with van der Waals surface area (Å²) < 4.78 is 38.1.